The van der Waals surface area contributed by atoms with E-state index in [0.717, 1.165) is 84.3 Å². The van der Waals surface area contributed by atoms with Crippen molar-refractivity contribution >= 4 is 0 Å². The fourth-order valence-electron chi connectivity index (χ4n) is 15.2. The van der Waals surface area contributed by atoms with Crippen LogP contribution in [0.25, 0.3) is 0 Å². The molecule has 0 fully saturated rings. The second-order valence-electron chi connectivity index (χ2n) is 22.5. The molecular formula is C70H64O4. The van der Waals surface area contributed by atoms with Crippen molar-refractivity contribution in [2.45, 2.75) is 92.0 Å². The van der Waals surface area contributed by atoms with E-state index >= 15 is 0 Å². The van der Waals surface area contributed by atoms with Gasteiger partial charge in [-0.15, -0.1) is 0 Å². The van der Waals surface area contributed by atoms with Crippen LogP contribution < -0.4 is 0 Å². The third-order valence-electron chi connectivity index (χ3n) is 19.1. The van der Waals surface area contributed by atoms with Crippen LogP contribution in [0.4, 0.5) is 0 Å². The van der Waals surface area contributed by atoms with Crippen molar-refractivity contribution in [2.24, 2.45) is 17.3 Å². The second kappa shape index (κ2) is 17.1. The summed E-state index contributed by atoms with van der Waals surface area (Å²) in [7, 11) is 0. The summed E-state index contributed by atoms with van der Waals surface area (Å²) in [6.07, 6.45) is 36.5. The minimum atomic E-state index is -1.48. The van der Waals surface area contributed by atoms with Gasteiger partial charge in [0, 0.05) is 40.4 Å². The van der Waals surface area contributed by atoms with Crippen molar-refractivity contribution in [3.05, 3.63) is 309 Å². The molecule has 4 N–H and O–H groups in total. The van der Waals surface area contributed by atoms with Gasteiger partial charge in [0.15, 0.2) is 0 Å². The van der Waals surface area contributed by atoms with Gasteiger partial charge < -0.3 is 20.4 Å². The lowest BCUT2D eigenvalue weighted by Gasteiger charge is -2.44. The number of aryl methyl sites for hydroxylation is 2. The number of hydrogen-bond donors (Lipinski definition) is 4. The van der Waals surface area contributed by atoms with E-state index in [-0.39, 0.29) is 29.6 Å². The van der Waals surface area contributed by atoms with Crippen molar-refractivity contribution in [1.29, 1.82) is 0 Å². The summed E-state index contributed by atoms with van der Waals surface area (Å²) in [5.41, 5.74) is 6.02. The lowest BCUT2D eigenvalue weighted by Crippen LogP contribution is -2.43. The molecule has 6 aromatic rings. The van der Waals surface area contributed by atoms with Crippen LogP contribution >= 0.6 is 0 Å². The summed E-state index contributed by atoms with van der Waals surface area (Å²) in [4.78, 5) is 0. The summed E-state index contributed by atoms with van der Waals surface area (Å²) in [5, 5.41) is 55.0. The van der Waals surface area contributed by atoms with Crippen LogP contribution in [0, 0.1) is 17.3 Å². The molecule has 0 amide bonds. The number of rotatable bonds is 10. The molecule has 11 atom stereocenters. The topological polar surface area (TPSA) is 80.9 Å². The van der Waals surface area contributed by atoms with Crippen LogP contribution in [0.2, 0.25) is 0 Å². The number of fused-ring (bicyclic) bond motifs is 9. The van der Waals surface area contributed by atoms with E-state index in [4.69, 9.17) is 0 Å². The summed E-state index contributed by atoms with van der Waals surface area (Å²) in [6, 6.07) is 46.0. The van der Waals surface area contributed by atoms with Crippen LogP contribution in [0.5, 0.6) is 0 Å². The third kappa shape index (κ3) is 6.35. The Morgan fingerprint density at radius 2 is 1.14 bits per heavy atom. The predicted octanol–water partition coefficient (Wildman–Crippen LogP) is 13.5. The van der Waals surface area contributed by atoms with E-state index in [0.29, 0.717) is 19.3 Å². The molecule has 4 nitrogen and oxygen atoms in total. The number of hydrogen-bond acceptors (Lipinski definition) is 4. The highest BCUT2D eigenvalue weighted by atomic mass is 16.3. The smallest absolute Gasteiger partial charge is 0.125 e. The van der Waals surface area contributed by atoms with Crippen LogP contribution in [0.15, 0.2) is 231 Å². The number of allylic oxidation sites excluding steroid dienone is 13. The SMILES string of the molecule is CCC(O)(c1cc(C2(O)c3ccccc3C3(C)C=CC=CC32)ccc1CCc1ccc(C2(O)c3ccccc3C3C=CC=CC32)cc1C1(O)c2ccccc2C2C=CC=CC21C)c1ccccc1C1C=CC=CC1. The van der Waals surface area contributed by atoms with Gasteiger partial charge >= 0.3 is 0 Å². The highest BCUT2D eigenvalue weighted by Gasteiger charge is 2.61. The first-order valence-electron chi connectivity index (χ1n) is 26.9. The van der Waals surface area contributed by atoms with E-state index in [1.165, 1.54) is 0 Å². The first-order chi connectivity index (χ1) is 35.9. The third-order valence-corrected chi connectivity index (χ3v) is 19.1. The van der Waals surface area contributed by atoms with E-state index in [9.17, 15) is 20.4 Å². The second-order valence-corrected chi connectivity index (χ2v) is 22.5. The Labute approximate surface area is 436 Å². The Balaban J connectivity index is 0.997. The Hall–Kier alpha value is -6.92. The van der Waals surface area contributed by atoms with Gasteiger partial charge in [0.25, 0.3) is 0 Å². The maximum Gasteiger partial charge on any atom is 0.125 e. The van der Waals surface area contributed by atoms with Gasteiger partial charge in [-0.25, -0.2) is 0 Å². The largest absolute Gasteiger partial charge is 0.380 e. The average Bonchev–Trinajstić information content (AvgIpc) is 3.95. The van der Waals surface area contributed by atoms with Crippen LogP contribution in [0.1, 0.15) is 129 Å². The molecule has 0 bridgehead atoms. The molecule has 0 aromatic heterocycles. The molecule has 7 aliphatic carbocycles. The molecule has 368 valence electrons. The monoisotopic (exact) mass is 968 g/mol. The lowest BCUT2D eigenvalue weighted by atomic mass is 9.63. The van der Waals surface area contributed by atoms with Crippen molar-refractivity contribution in [3.63, 3.8) is 0 Å². The minimum absolute atomic E-state index is 0.0116. The molecule has 0 aliphatic heterocycles. The Morgan fingerprint density at radius 1 is 0.514 bits per heavy atom. The van der Waals surface area contributed by atoms with Crippen LogP contribution in [-0.4, -0.2) is 20.4 Å². The average molecular weight is 969 g/mol. The zero-order valence-corrected chi connectivity index (χ0v) is 42.4. The Bertz CT molecular complexity index is 3530. The minimum Gasteiger partial charge on any atom is -0.380 e. The molecule has 4 heteroatoms. The molecule has 0 saturated heterocycles. The molecular weight excluding hydrogens is 905 g/mol. The summed E-state index contributed by atoms with van der Waals surface area (Å²) in [6.45, 7) is 6.47. The predicted molar refractivity (Wildman–Crippen MR) is 297 cm³/mol. The fourth-order valence-corrected chi connectivity index (χ4v) is 15.2. The van der Waals surface area contributed by atoms with Gasteiger partial charge in [-0.05, 0) is 116 Å². The maximum absolute atomic E-state index is 14.2. The van der Waals surface area contributed by atoms with Crippen molar-refractivity contribution in [1.82, 2.24) is 0 Å². The molecule has 6 aromatic carbocycles. The van der Waals surface area contributed by atoms with E-state index < -0.39 is 33.2 Å². The maximum atomic E-state index is 14.2. The normalized spacial score (nSPS) is 31.9. The van der Waals surface area contributed by atoms with Crippen molar-refractivity contribution < 1.29 is 20.4 Å². The number of aliphatic hydroxyl groups is 4. The zero-order valence-electron chi connectivity index (χ0n) is 42.4. The van der Waals surface area contributed by atoms with Crippen LogP contribution in [0.3, 0.4) is 0 Å². The van der Waals surface area contributed by atoms with Crippen LogP contribution in [-0.2, 0) is 40.7 Å². The highest BCUT2D eigenvalue weighted by Crippen LogP contribution is 2.64. The molecule has 11 unspecified atom stereocenters. The molecule has 0 saturated carbocycles. The molecule has 74 heavy (non-hydrogen) atoms. The Morgan fingerprint density at radius 3 is 1.92 bits per heavy atom. The number of benzene rings is 6. The summed E-state index contributed by atoms with van der Waals surface area (Å²) in [5.74, 6) is -0.483. The van der Waals surface area contributed by atoms with Gasteiger partial charge in [0.2, 0.25) is 0 Å². The van der Waals surface area contributed by atoms with E-state index in [1.807, 2.05) is 30.3 Å². The standard InChI is InChI=1S/C70H64O4/c1-4-67(71,56-29-12-8-24-51(56)46-22-6-5-7-23-46)62-44-50(69(73)61-34-17-16-33-60(61)65(2)42-20-19-35-64(65)69)41-38-47(62)36-37-48-39-40-49(68(72)57-30-13-9-25-52(57)53-26-10-14-31-58(53)68)45-63(48)70(74)59-32-15-11-27-54(59)55-28-18-21-43-66(55,70)3/h5-22,24-35,38-46,52,55,57,64,71-74H,4,23,36-37H2,1-3H3. The lowest BCUT2D eigenvalue weighted by molar-refractivity contribution is -0.0120. The molecule has 13 rings (SSSR count). The van der Waals surface area contributed by atoms with E-state index in [2.05, 4.69) is 221 Å². The van der Waals surface area contributed by atoms with Gasteiger partial charge in [-0.1, -0.05) is 239 Å². The van der Waals surface area contributed by atoms with Gasteiger partial charge in [-0.2, -0.15) is 0 Å². The quantitative estimate of drug-likeness (QED) is 0.110. The van der Waals surface area contributed by atoms with E-state index in [1.54, 1.807) is 0 Å². The molecule has 0 heterocycles. The summed E-state index contributed by atoms with van der Waals surface area (Å²) < 4.78 is 0. The highest BCUT2D eigenvalue weighted by molar-refractivity contribution is 5.63. The first kappa shape index (κ1) is 46.8. The zero-order chi connectivity index (χ0) is 50.7. The van der Waals surface area contributed by atoms with Crippen molar-refractivity contribution in [2.75, 3.05) is 0 Å². The molecule has 7 aliphatic rings. The van der Waals surface area contributed by atoms with Gasteiger partial charge in [-0.3, -0.25) is 0 Å². The first-order valence-corrected chi connectivity index (χ1v) is 26.9. The fraction of sp³-hybridized carbons (Fsp3) is 0.257. The van der Waals surface area contributed by atoms with Gasteiger partial charge in [0.05, 0.1) is 0 Å². The molecule has 0 spiro atoms. The Kier molecular flexibility index (Phi) is 10.8. The summed E-state index contributed by atoms with van der Waals surface area (Å²) >= 11 is 0. The van der Waals surface area contributed by atoms with Gasteiger partial charge in [0.1, 0.15) is 22.4 Å². The van der Waals surface area contributed by atoms with Crippen molar-refractivity contribution in [3.8, 4) is 0 Å². The molecule has 0 radical (unpaired) electrons.